The molecule has 0 bridgehead atoms. The molecule has 0 aliphatic carbocycles. The molecule has 0 spiro atoms. The van der Waals surface area contributed by atoms with Crippen molar-refractivity contribution in [2.75, 3.05) is 0 Å². The molecule has 112 valence electrons. The minimum Gasteiger partial charge on any atom is -0.391 e. The highest BCUT2D eigenvalue weighted by molar-refractivity contribution is 5.85. The van der Waals surface area contributed by atoms with Crippen LogP contribution in [0.15, 0.2) is 12.4 Å². The van der Waals surface area contributed by atoms with E-state index in [2.05, 4.69) is 4.74 Å². The summed E-state index contributed by atoms with van der Waals surface area (Å²) in [5.41, 5.74) is 0. The largest absolute Gasteiger partial charge is 0.473 e. The van der Waals surface area contributed by atoms with Gasteiger partial charge in [-0.15, -0.1) is 0 Å². The van der Waals surface area contributed by atoms with E-state index in [-0.39, 0.29) is 0 Å². The molecular weight excluding hydrogens is 306 g/mol. The van der Waals surface area contributed by atoms with Crippen molar-refractivity contribution >= 4 is 5.97 Å². The van der Waals surface area contributed by atoms with Crippen molar-refractivity contribution in [3.8, 4) is 0 Å². The van der Waals surface area contributed by atoms with Crippen LogP contribution in [-0.4, -0.2) is 30.1 Å². The van der Waals surface area contributed by atoms with Gasteiger partial charge in [-0.2, -0.15) is 43.9 Å². The van der Waals surface area contributed by atoms with E-state index in [4.69, 9.17) is 0 Å². The van der Waals surface area contributed by atoms with Gasteiger partial charge in [0.05, 0.1) is 0 Å². The predicted molar refractivity (Wildman–Crippen MR) is 37.2 cm³/mol. The molecule has 0 aromatic heterocycles. The molecule has 0 unspecified atom stereocenters. The Morgan fingerprint density at radius 1 is 0.842 bits per heavy atom. The molecule has 0 aliphatic rings. The molecule has 0 aromatic carbocycles. The number of rotatable bonds is 4. The summed E-state index contributed by atoms with van der Waals surface area (Å²) < 4.78 is 123. The van der Waals surface area contributed by atoms with E-state index in [1.165, 1.54) is 0 Å². The fraction of sp³-hybridized carbons (Fsp3) is 0.571. The van der Waals surface area contributed by atoms with Crippen LogP contribution in [0.2, 0.25) is 0 Å². The van der Waals surface area contributed by atoms with Crippen molar-refractivity contribution in [1.82, 2.24) is 0 Å². The molecule has 0 atom stereocenters. The van der Waals surface area contributed by atoms with Gasteiger partial charge in [-0.1, -0.05) is 6.58 Å². The highest BCUT2D eigenvalue weighted by atomic mass is 19.4. The molecule has 12 heteroatoms. The topological polar surface area (TPSA) is 26.3 Å². The Morgan fingerprint density at radius 3 is 1.47 bits per heavy atom. The van der Waals surface area contributed by atoms with Crippen LogP contribution in [0.1, 0.15) is 0 Å². The minimum atomic E-state index is -7.22. The van der Waals surface area contributed by atoms with E-state index in [9.17, 15) is 48.7 Å². The first kappa shape index (κ1) is 17.5. The zero-order valence-electron chi connectivity index (χ0n) is 8.30. The number of hydrogen-bond donors (Lipinski definition) is 0. The number of carbonyl (C=O) groups is 1. The highest BCUT2D eigenvalue weighted by Crippen LogP contribution is 2.53. The summed E-state index contributed by atoms with van der Waals surface area (Å²) >= 11 is 0. The summed E-state index contributed by atoms with van der Waals surface area (Å²) in [4.78, 5) is 10.1. The lowest BCUT2D eigenvalue weighted by Gasteiger charge is -2.32. The van der Waals surface area contributed by atoms with Crippen LogP contribution >= 0.6 is 0 Å². The van der Waals surface area contributed by atoms with Gasteiger partial charge in [0.2, 0.25) is 5.83 Å². The third kappa shape index (κ3) is 2.92. The Hall–Kier alpha value is -1.49. The maximum atomic E-state index is 12.5. The van der Waals surface area contributed by atoms with Crippen molar-refractivity contribution in [3.63, 3.8) is 0 Å². The van der Waals surface area contributed by atoms with E-state index >= 15 is 0 Å². The second-order valence-electron chi connectivity index (χ2n) is 2.96. The average Bonchev–Trinajstić information content (AvgIpc) is 2.14. The van der Waals surface area contributed by atoms with E-state index in [1.54, 1.807) is 0 Å². The van der Waals surface area contributed by atoms with Gasteiger partial charge >= 0.3 is 30.1 Å². The molecule has 2 nitrogen and oxygen atoms in total. The fourth-order valence-electron chi connectivity index (χ4n) is 0.597. The number of alkyl halides is 9. The van der Waals surface area contributed by atoms with Crippen LogP contribution in [0.4, 0.5) is 43.9 Å². The zero-order valence-corrected chi connectivity index (χ0v) is 8.30. The Bertz CT molecular complexity index is 382. The highest BCUT2D eigenvalue weighted by Gasteiger charge is 2.84. The summed E-state index contributed by atoms with van der Waals surface area (Å²) in [5, 5.41) is 0. The first-order valence-corrected chi connectivity index (χ1v) is 3.86. The number of ether oxygens (including phenoxy) is 1. The second-order valence-corrected chi connectivity index (χ2v) is 2.96. The molecule has 0 saturated carbocycles. The van der Waals surface area contributed by atoms with Gasteiger partial charge in [-0.05, 0) is 0 Å². The van der Waals surface area contributed by atoms with Crippen LogP contribution in [0, 0.1) is 0 Å². The molecule has 0 N–H and O–H groups in total. The van der Waals surface area contributed by atoms with Gasteiger partial charge in [-0.25, -0.2) is 4.79 Å². The third-order valence-corrected chi connectivity index (χ3v) is 1.56. The average molecular weight is 308 g/mol. The van der Waals surface area contributed by atoms with Gasteiger partial charge < -0.3 is 4.74 Å². The predicted octanol–water partition coefficient (Wildman–Crippen LogP) is 3.44. The molecule has 0 saturated heterocycles. The molecule has 0 aliphatic heterocycles. The number of carbonyl (C=O) groups excluding carboxylic acids is 1. The van der Waals surface area contributed by atoms with E-state index in [0.29, 0.717) is 0 Å². The Kier molecular flexibility index (Phi) is 4.20. The van der Waals surface area contributed by atoms with Crippen LogP contribution in [0.3, 0.4) is 0 Å². The van der Waals surface area contributed by atoms with Gasteiger partial charge in [0.1, 0.15) is 0 Å². The molecule has 0 heterocycles. The molecular formula is C7H2F10O2. The maximum absolute atomic E-state index is 12.5. The van der Waals surface area contributed by atoms with Crippen LogP contribution in [-0.2, 0) is 9.53 Å². The van der Waals surface area contributed by atoms with Crippen molar-refractivity contribution in [2.45, 2.75) is 24.1 Å². The first-order chi connectivity index (χ1) is 8.08. The fourth-order valence-corrected chi connectivity index (χ4v) is 0.597. The smallest absolute Gasteiger partial charge is 0.391 e. The maximum Gasteiger partial charge on any atom is 0.473 e. The lowest BCUT2D eigenvalue weighted by Crippen LogP contribution is -2.62. The van der Waals surface area contributed by atoms with Gasteiger partial charge in [0.15, 0.2) is 0 Å². The van der Waals surface area contributed by atoms with Gasteiger partial charge in [0, 0.05) is 0 Å². The molecule has 0 rings (SSSR count). The summed E-state index contributed by atoms with van der Waals surface area (Å²) in [6.45, 7) is 2.00. The minimum absolute atomic E-state index is 2.00. The molecule has 0 amide bonds. The van der Waals surface area contributed by atoms with E-state index in [0.717, 1.165) is 0 Å². The SMILES string of the molecule is C=C(F)C(=O)OC(F)(F)C(F)(F)C(F)(F)C(F)(F)F. The second kappa shape index (κ2) is 4.56. The summed E-state index contributed by atoms with van der Waals surface area (Å²) in [6.07, 6.45) is -13.7. The van der Waals surface area contributed by atoms with Crippen LogP contribution < -0.4 is 0 Å². The summed E-state index contributed by atoms with van der Waals surface area (Å²) in [5.74, 6) is -19.7. The molecule has 19 heavy (non-hydrogen) atoms. The van der Waals surface area contributed by atoms with Crippen LogP contribution in [0.5, 0.6) is 0 Å². The number of esters is 1. The summed E-state index contributed by atoms with van der Waals surface area (Å²) in [6, 6.07) is 0. The Morgan fingerprint density at radius 2 is 1.21 bits per heavy atom. The number of hydrogen-bond acceptors (Lipinski definition) is 2. The molecule has 0 fully saturated rings. The van der Waals surface area contributed by atoms with Crippen molar-refractivity contribution in [1.29, 1.82) is 0 Å². The standard InChI is InChI=1S/C7H2F10O2/c1-2(8)3(18)19-7(16,17)5(11,12)4(9,10)6(13,14)15/h1H2. The van der Waals surface area contributed by atoms with Crippen molar-refractivity contribution in [3.05, 3.63) is 12.4 Å². The lowest BCUT2D eigenvalue weighted by atomic mass is 10.1. The zero-order chi connectivity index (χ0) is 15.9. The monoisotopic (exact) mass is 308 g/mol. The molecule has 0 radical (unpaired) electrons. The number of halogens is 10. The lowest BCUT2D eigenvalue weighted by molar-refractivity contribution is -0.435. The Labute approximate surface area is 97.2 Å². The van der Waals surface area contributed by atoms with E-state index in [1.807, 2.05) is 6.58 Å². The third-order valence-electron chi connectivity index (χ3n) is 1.56. The van der Waals surface area contributed by atoms with E-state index < -0.39 is 35.9 Å². The van der Waals surface area contributed by atoms with Crippen molar-refractivity contribution in [2.24, 2.45) is 0 Å². The quantitative estimate of drug-likeness (QED) is 0.452. The van der Waals surface area contributed by atoms with Gasteiger partial charge in [-0.3, -0.25) is 0 Å². The van der Waals surface area contributed by atoms with Crippen molar-refractivity contribution < 1.29 is 53.4 Å². The van der Waals surface area contributed by atoms with Gasteiger partial charge in [0.25, 0.3) is 0 Å². The Balaban J connectivity index is 5.52. The first-order valence-electron chi connectivity index (χ1n) is 3.86. The van der Waals surface area contributed by atoms with Crippen LogP contribution in [0.25, 0.3) is 0 Å². The summed E-state index contributed by atoms with van der Waals surface area (Å²) in [7, 11) is 0. The normalized spacial score (nSPS) is 14.2. The molecule has 0 aromatic rings.